The van der Waals surface area contributed by atoms with Crippen LogP contribution in [0.15, 0.2) is 52.3 Å². The number of hydrogen-bond donors (Lipinski definition) is 0. The lowest BCUT2D eigenvalue weighted by Gasteiger charge is -1.98. The van der Waals surface area contributed by atoms with Crippen LogP contribution in [0.3, 0.4) is 0 Å². The van der Waals surface area contributed by atoms with E-state index in [1.54, 1.807) is 0 Å². The van der Waals surface area contributed by atoms with Gasteiger partial charge in [-0.3, -0.25) is 0 Å². The predicted molar refractivity (Wildman–Crippen MR) is 84.6 cm³/mol. The zero-order valence-electron chi connectivity index (χ0n) is 12.2. The van der Waals surface area contributed by atoms with Gasteiger partial charge in [-0.2, -0.15) is 0 Å². The molecule has 0 fully saturated rings. The van der Waals surface area contributed by atoms with Crippen molar-refractivity contribution in [2.45, 2.75) is 51.3 Å². The Balaban J connectivity index is 2.27. The van der Waals surface area contributed by atoms with Crippen LogP contribution in [-0.2, 0) is 10.8 Å². The molecule has 0 bridgehead atoms. The van der Waals surface area contributed by atoms with E-state index in [0.29, 0.717) is 0 Å². The summed E-state index contributed by atoms with van der Waals surface area (Å²) in [6.07, 6.45) is 8.83. The third-order valence-electron chi connectivity index (χ3n) is 2.85. The molecule has 1 aromatic rings. The molecule has 0 aliphatic heterocycles. The Morgan fingerprint density at radius 3 is 2.37 bits per heavy atom. The maximum absolute atomic E-state index is 11.9. The fourth-order valence-electron chi connectivity index (χ4n) is 1.70. The largest absolute Gasteiger partial charge is 0.250 e. The van der Waals surface area contributed by atoms with Crippen LogP contribution in [0.2, 0.25) is 0 Å². The fraction of sp³-hybridized carbons (Fsp3) is 0.412. The number of hydrogen-bond acceptors (Lipinski definition) is 1. The summed E-state index contributed by atoms with van der Waals surface area (Å²) in [6.45, 7) is 6.30. The molecule has 0 aromatic heterocycles. The van der Waals surface area contributed by atoms with E-state index in [9.17, 15) is 4.21 Å². The summed E-state index contributed by atoms with van der Waals surface area (Å²) in [5.74, 6) is 0. The number of aryl methyl sites for hydroxylation is 1. The lowest BCUT2D eigenvalue weighted by atomic mass is 10.1. The van der Waals surface area contributed by atoms with Gasteiger partial charge in [-0.25, -0.2) is 4.21 Å². The first kappa shape index (κ1) is 15.9. The molecular weight excluding hydrogens is 252 g/mol. The van der Waals surface area contributed by atoms with Gasteiger partial charge in [-0.05, 0) is 58.6 Å². The first-order valence-electron chi connectivity index (χ1n) is 6.87. The van der Waals surface area contributed by atoms with Crippen molar-refractivity contribution in [1.29, 1.82) is 0 Å². The van der Waals surface area contributed by atoms with Crippen LogP contribution in [0.25, 0.3) is 0 Å². The molecule has 1 unspecified atom stereocenters. The Kier molecular flexibility index (Phi) is 7.42. The van der Waals surface area contributed by atoms with Crippen LogP contribution in [-0.4, -0.2) is 4.21 Å². The van der Waals surface area contributed by atoms with E-state index in [1.807, 2.05) is 42.7 Å². The van der Waals surface area contributed by atoms with Crippen LogP contribution in [0, 0.1) is 6.92 Å². The molecule has 0 saturated carbocycles. The van der Waals surface area contributed by atoms with Crippen LogP contribution < -0.4 is 0 Å². The molecule has 0 amide bonds. The molecule has 0 heterocycles. The number of unbranched alkanes of at least 4 members (excludes halogenated alkanes) is 3. The van der Waals surface area contributed by atoms with Crippen molar-refractivity contribution in [2.75, 3.05) is 0 Å². The average molecular weight is 276 g/mol. The van der Waals surface area contributed by atoms with Gasteiger partial charge in [0, 0.05) is 10.3 Å². The number of benzene rings is 1. The highest BCUT2D eigenvalue weighted by Gasteiger charge is 1.97. The quantitative estimate of drug-likeness (QED) is 0.497. The third kappa shape index (κ3) is 7.12. The van der Waals surface area contributed by atoms with Crippen molar-refractivity contribution < 1.29 is 4.21 Å². The Labute approximate surface area is 119 Å². The van der Waals surface area contributed by atoms with Crippen molar-refractivity contribution in [3.63, 3.8) is 0 Å². The molecule has 1 nitrogen and oxygen atoms in total. The van der Waals surface area contributed by atoms with Crippen LogP contribution in [0.1, 0.15) is 45.1 Å². The molecule has 0 radical (unpaired) electrons. The maximum atomic E-state index is 11.9. The van der Waals surface area contributed by atoms with Gasteiger partial charge < -0.3 is 0 Å². The van der Waals surface area contributed by atoms with Crippen molar-refractivity contribution in [2.24, 2.45) is 0 Å². The summed E-state index contributed by atoms with van der Waals surface area (Å²) in [4.78, 5) is 0.881. The average Bonchev–Trinajstić information content (AvgIpc) is 2.38. The standard InChI is InChI=1S/C17H24OS/c1-15(2)9-7-5-4-6-8-14-19(18)17-12-10-16(3)11-13-17/h8-14H,4-7H2,1-3H3/b14-8+. The van der Waals surface area contributed by atoms with Gasteiger partial charge >= 0.3 is 0 Å². The normalized spacial score (nSPS) is 12.6. The lowest BCUT2D eigenvalue weighted by Crippen LogP contribution is -1.86. The lowest BCUT2D eigenvalue weighted by molar-refractivity contribution is 0.688. The van der Waals surface area contributed by atoms with E-state index in [4.69, 9.17) is 0 Å². The third-order valence-corrected chi connectivity index (χ3v) is 4.03. The van der Waals surface area contributed by atoms with Crippen molar-refractivity contribution in [3.8, 4) is 0 Å². The first-order valence-corrected chi connectivity index (χ1v) is 8.08. The van der Waals surface area contributed by atoms with Gasteiger partial charge in [0.2, 0.25) is 0 Å². The second kappa shape index (κ2) is 8.87. The molecule has 104 valence electrons. The zero-order valence-corrected chi connectivity index (χ0v) is 13.0. The summed E-state index contributed by atoms with van der Waals surface area (Å²) < 4.78 is 11.9. The van der Waals surface area contributed by atoms with Gasteiger partial charge in [0.05, 0.1) is 10.8 Å². The summed E-state index contributed by atoms with van der Waals surface area (Å²) >= 11 is 0. The second-order valence-electron chi connectivity index (χ2n) is 5.05. The van der Waals surface area contributed by atoms with Gasteiger partial charge in [0.25, 0.3) is 0 Å². The molecule has 0 aliphatic carbocycles. The Morgan fingerprint density at radius 2 is 1.74 bits per heavy atom. The minimum atomic E-state index is -0.999. The van der Waals surface area contributed by atoms with E-state index in [0.717, 1.165) is 24.2 Å². The molecule has 0 saturated heterocycles. The summed E-state index contributed by atoms with van der Waals surface area (Å²) in [5.41, 5.74) is 2.58. The number of allylic oxidation sites excluding steroid dienone is 3. The van der Waals surface area contributed by atoms with Gasteiger partial charge in [0.1, 0.15) is 0 Å². The Bertz CT molecular complexity index is 451. The molecule has 0 spiro atoms. The van der Waals surface area contributed by atoms with E-state index in [-0.39, 0.29) is 0 Å². The topological polar surface area (TPSA) is 17.1 Å². The van der Waals surface area contributed by atoms with Crippen LogP contribution in [0.4, 0.5) is 0 Å². The maximum Gasteiger partial charge on any atom is 0.0772 e. The molecule has 19 heavy (non-hydrogen) atoms. The van der Waals surface area contributed by atoms with Crippen molar-refractivity contribution in [3.05, 3.63) is 53.0 Å². The van der Waals surface area contributed by atoms with Crippen molar-refractivity contribution >= 4 is 10.8 Å². The highest BCUT2D eigenvalue weighted by molar-refractivity contribution is 7.88. The molecule has 1 rings (SSSR count). The molecule has 0 aliphatic rings. The SMILES string of the molecule is CC(C)=CCCCC/C=C/S(=O)c1ccc(C)cc1. The summed E-state index contributed by atoms with van der Waals surface area (Å²) in [7, 11) is -0.999. The smallest absolute Gasteiger partial charge is 0.0772 e. The summed E-state index contributed by atoms with van der Waals surface area (Å²) in [6, 6.07) is 7.87. The van der Waals surface area contributed by atoms with Gasteiger partial charge in [-0.15, -0.1) is 0 Å². The Hall–Kier alpha value is -1.15. The number of rotatable bonds is 7. The monoisotopic (exact) mass is 276 g/mol. The van der Waals surface area contributed by atoms with Gasteiger partial charge in [0.15, 0.2) is 0 Å². The van der Waals surface area contributed by atoms with E-state index >= 15 is 0 Å². The summed E-state index contributed by atoms with van der Waals surface area (Å²) in [5, 5.41) is 1.81. The minimum absolute atomic E-state index is 0.881. The molecule has 1 aromatic carbocycles. The highest BCUT2D eigenvalue weighted by atomic mass is 32.2. The minimum Gasteiger partial charge on any atom is -0.250 e. The van der Waals surface area contributed by atoms with Crippen LogP contribution in [0.5, 0.6) is 0 Å². The zero-order chi connectivity index (χ0) is 14.1. The van der Waals surface area contributed by atoms with Gasteiger partial charge in [-0.1, -0.05) is 35.4 Å². The van der Waals surface area contributed by atoms with E-state index in [2.05, 4.69) is 19.9 Å². The van der Waals surface area contributed by atoms with Crippen LogP contribution >= 0.6 is 0 Å². The van der Waals surface area contributed by atoms with E-state index < -0.39 is 10.8 Å². The fourth-order valence-corrected chi connectivity index (χ4v) is 2.58. The van der Waals surface area contributed by atoms with Crippen molar-refractivity contribution in [1.82, 2.24) is 0 Å². The molecular formula is C17H24OS. The first-order chi connectivity index (χ1) is 9.09. The molecule has 1 atom stereocenters. The molecule has 0 N–H and O–H groups in total. The Morgan fingerprint density at radius 1 is 1.11 bits per heavy atom. The molecule has 2 heteroatoms. The second-order valence-corrected chi connectivity index (χ2v) is 6.39. The van der Waals surface area contributed by atoms with E-state index in [1.165, 1.54) is 17.6 Å². The predicted octanol–water partition coefficient (Wildman–Crippen LogP) is 5.14. The highest BCUT2D eigenvalue weighted by Crippen LogP contribution is 2.10.